The molecule has 9 nitrogen and oxygen atoms in total. The molecule has 0 saturated carbocycles. The minimum Gasteiger partial charge on any atom is -0.400 e. The van der Waals surface area contributed by atoms with Crippen LogP contribution in [0.5, 0.6) is 0 Å². The standard InChI is InChI=1S/C38H40N6O2.CH4O/c1-27-4-14-33(15-5-27)40-37(45)42-35-20-10-30(11-21-35)25-44(24-29-8-18-32(39-3)19-9-29)26-31-12-22-36(23-13-31)43-38(46)41-34-16-6-28(2)7-17-34;1-2/h4-23,39H,24-26H2,1-3H3,(H2,40,42,45)(H2,41,43,46);2H,1H3. The van der Waals surface area contributed by atoms with Gasteiger partial charge in [0.2, 0.25) is 0 Å². The zero-order valence-electron chi connectivity index (χ0n) is 27.9. The van der Waals surface area contributed by atoms with E-state index in [1.54, 1.807) is 0 Å². The van der Waals surface area contributed by atoms with Crippen molar-refractivity contribution in [3.8, 4) is 0 Å². The first-order valence-corrected chi connectivity index (χ1v) is 15.7. The smallest absolute Gasteiger partial charge is 0.323 e. The minimum atomic E-state index is -0.284. The van der Waals surface area contributed by atoms with E-state index in [-0.39, 0.29) is 12.1 Å². The van der Waals surface area contributed by atoms with Gasteiger partial charge in [0, 0.05) is 62.2 Å². The summed E-state index contributed by atoms with van der Waals surface area (Å²) in [7, 11) is 2.91. The van der Waals surface area contributed by atoms with Crippen LogP contribution < -0.4 is 26.6 Å². The first-order valence-electron chi connectivity index (χ1n) is 15.7. The first kappa shape index (κ1) is 35.2. The van der Waals surface area contributed by atoms with E-state index in [1.807, 2.05) is 118 Å². The summed E-state index contributed by atoms with van der Waals surface area (Å²) >= 11 is 0. The van der Waals surface area contributed by atoms with E-state index in [0.29, 0.717) is 13.1 Å². The number of hydrogen-bond acceptors (Lipinski definition) is 5. The monoisotopic (exact) mass is 644 g/mol. The van der Waals surface area contributed by atoms with Gasteiger partial charge in [0.1, 0.15) is 0 Å². The van der Waals surface area contributed by atoms with Gasteiger partial charge in [-0.3, -0.25) is 4.90 Å². The molecule has 4 amide bonds. The molecule has 0 aliphatic heterocycles. The van der Waals surface area contributed by atoms with Crippen LogP contribution >= 0.6 is 0 Å². The Labute approximate surface area is 283 Å². The second-order valence-corrected chi connectivity index (χ2v) is 11.4. The maximum Gasteiger partial charge on any atom is 0.323 e. The first-order chi connectivity index (χ1) is 23.3. The molecule has 0 aromatic heterocycles. The van der Waals surface area contributed by atoms with Crippen molar-refractivity contribution in [2.75, 3.05) is 40.7 Å². The van der Waals surface area contributed by atoms with Crippen LogP contribution in [0, 0.1) is 13.8 Å². The molecule has 0 bridgehead atoms. The molecule has 0 aliphatic carbocycles. The number of rotatable bonds is 11. The third kappa shape index (κ3) is 11.3. The Hall–Kier alpha value is -5.64. The van der Waals surface area contributed by atoms with Gasteiger partial charge in [0.05, 0.1) is 0 Å². The lowest BCUT2D eigenvalue weighted by Crippen LogP contribution is -2.23. The summed E-state index contributed by atoms with van der Waals surface area (Å²) in [5.74, 6) is 0. The van der Waals surface area contributed by atoms with Crippen molar-refractivity contribution >= 4 is 40.5 Å². The number of benzene rings is 5. The number of carbonyl (C=O) groups excluding carboxylic acids is 2. The summed E-state index contributed by atoms with van der Waals surface area (Å²) in [4.78, 5) is 27.4. The van der Waals surface area contributed by atoms with Crippen molar-refractivity contribution in [3.63, 3.8) is 0 Å². The van der Waals surface area contributed by atoms with E-state index in [2.05, 4.69) is 55.7 Å². The number of anilines is 5. The molecule has 5 rings (SSSR count). The van der Waals surface area contributed by atoms with Gasteiger partial charge < -0.3 is 31.7 Å². The van der Waals surface area contributed by atoms with E-state index < -0.39 is 0 Å². The number of nitrogens with zero attached hydrogens (tertiary/aromatic N) is 1. The number of aliphatic hydroxyl groups excluding tert-OH is 1. The summed E-state index contributed by atoms with van der Waals surface area (Å²) < 4.78 is 0. The second kappa shape index (κ2) is 17.9. The highest BCUT2D eigenvalue weighted by atomic mass is 16.2. The van der Waals surface area contributed by atoms with Gasteiger partial charge in [-0.25, -0.2) is 9.59 Å². The van der Waals surface area contributed by atoms with Crippen LogP contribution in [0.15, 0.2) is 121 Å². The topological polar surface area (TPSA) is 118 Å². The van der Waals surface area contributed by atoms with Crippen molar-refractivity contribution in [1.82, 2.24) is 4.90 Å². The fourth-order valence-corrected chi connectivity index (χ4v) is 4.97. The van der Waals surface area contributed by atoms with Crippen molar-refractivity contribution in [2.24, 2.45) is 0 Å². The van der Waals surface area contributed by atoms with Gasteiger partial charge in [-0.1, -0.05) is 71.8 Å². The molecule has 0 aliphatic rings. The fourth-order valence-electron chi connectivity index (χ4n) is 4.97. The van der Waals surface area contributed by atoms with Crippen molar-refractivity contribution in [1.29, 1.82) is 0 Å². The Balaban J connectivity index is 0.00000255. The number of carbonyl (C=O) groups is 2. The number of hydrogen-bond donors (Lipinski definition) is 6. The highest BCUT2D eigenvalue weighted by molar-refractivity contribution is 6.00. The summed E-state index contributed by atoms with van der Waals surface area (Å²) in [6, 6.07) is 39.1. The normalized spacial score (nSPS) is 10.4. The van der Waals surface area contributed by atoms with Crippen LogP contribution in [0.3, 0.4) is 0 Å². The third-order valence-electron chi connectivity index (χ3n) is 7.50. The summed E-state index contributed by atoms with van der Waals surface area (Å²) in [5.41, 5.74) is 9.73. The molecule has 0 fully saturated rings. The van der Waals surface area contributed by atoms with E-state index >= 15 is 0 Å². The quantitative estimate of drug-likeness (QED) is 0.0863. The lowest BCUT2D eigenvalue weighted by Gasteiger charge is -2.23. The molecule has 5 aromatic rings. The van der Waals surface area contributed by atoms with Gasteiger partial charge >= 0.3 is 12.1 Å². The number of urea groups is 2. The summed E-state index contributed by atoms with van der Waals surface area (Å²) in [6.45, 7) is 6.19. The molecule has 0 unspecified atom stereocenters. The van der Waals surface area contributed by atoms with Gasteiger partial charge in [0.25, 0.3) is 0 Å². The maximum absolute atomic E-state index is 12.5. The van der Waals surface area contributed by atoms with Crippen LogP contribution in [0.2, 0.25) is 0 Å². The number of nitrogens with one attached hydrogen (secondary N) is 5. The summed E-state index contributed by atoms with van der Waals surface area (Å²) in [5, 5.41) is 21.7. The van der Waals surface area contributed by atoms with Crippen LogP contribution in [0.1, 0.15) is 27.8 Å². The lowest BCUT2D eigenvalue weighted by atomic mass is 10.1. The Bertz CT molecular complexity index is 1620. The van der Waals surface area contributed by atoms with Crippen molar-refractivity contribution in [2.45, 2.75) is 33.5 Å². The largest absolute Gasteiger partial charge is 0.400 e. The average molecular weight is 645 g/mol. The van der Waals surface area contributed by atoms with Crippen LogP contribution in [-0.4, -0.2) is 36.2 Å². The highest BCUT2D eigenvalue weighted by Crippen LogP contribution is 2.20. The fraction of sp³-hybridized carbons (Fsp3) is 0.179. The van der Waals surface area contributed by atoms with Gasteiger partial charge in [-0.05, 0) is 91.2 Å². The molecule has 9 heteroatoms. The Kier molecular flexibility index (Phi) is 13.1. The predicted octanol–water partition coefficient (Wildman–Crippen LogP) is 8.44. The second-order valence-electron chi connectivity index (χ2n) is 11.4. The molecule has 48 heavy (non-hydrogen) atoms. The lowest BCUT2D eigenvalue weighted by molar-refractivity contribution is 0.247. The zero-order valence-corrected chi connectivity index (χ0v) is 27.9. The minimum absolute atomic E-state index is 0.284. The molecular formula is C39H44N6O3. The molecular weight excluding hydrogens is 600 g/mol. The van der Waals surface area contributed by atoms with E-state index in [9.17, 15) is 9.59 Å². The average Bonchev–Trinajstić information content (AvgIpc) is 3.10. The van der Waals surface area contributed by atoms with Crippen molar-refractivity contribution < 1.29 is 14.7 Å². The molecule has 248 valence electrons. The van der Waals surface area contributed by atoms with Gasteiger partial charge in [-0.2, -0.15) is 0 Å². The Morgan fingerprint density at radius 2 is 0.708 bits per heavy atom. The van der Waals surface area contributed by atoms with E-state index in [1.165, 1.54) is 5.56 Å². The van der Waals surface area contributed by atoms with Crippen LogP contribution in [0.25, 0.3) is 0 Å². The number of aryl methyl sites for hydroxylation is 2. The van der Waals surface area contributed by atoms with Gasteiger partial charge in [-0.15, -0.1) is 0 Å². The predicted molar refractivity (Wildman–Crippen MR) is 198 cm³/mol. The number of amides is 4. The molecule has 0 spiro atoms. The molecule has 0 radical (unpaired) electrons. The van der Waals surface area contributed by atoms with Crippen molar-refractivity contribution in [3.05, 3.63) is 149 Å². The third-order valence-corrected chi connectivity index (χ3v) is 7.50. The molecule has 5 aromatic carbocycles. The maximum atomic E-state index is 12.5. The SMILES string of the molecule is CNc1ccc(CN(Cc2ccc(NC(=O)Nc3ccc(C)cc3)cc2)Cc2ccc(NC(=O)Nc3ccc(C)cc3)cc2)cc1.CO. The van der Waals surface area contributed by atoms with E-state index in [4.69, 9.17) is 5.11 Å². The van der Waals surface area contributed by atoms with Gasteiger partial charge in [0.15, 0.2) is 0 Å². The molecule has 6 N–H and O–H groups in total. The van der Waals surface area contributed by atoms with Crippen LogP contribution in [0.4, 0.5) is 38.0 Å². The zero-order chi connectivity index (χ0) is 34.3. The Morgan fingerprint density at radius 3 is 0.979 bits per heavy atom. The Morgan fingerprint density at radius 1 is 0.458 bits per heavy atom. The number of aliphatic hydroxyl groups is 1. The highest BCUT2D eigenvalue weighted by Gasteiger charge is 2.11. The van der Waals surface area contributed by atoms with Crippen LogP contribution in [-0.2, 0) is 19.6 Å². The molecule has 0 heterocycles. The molecule has 0 saturated heterocycles. The summed E-state index contributed by atoms with van der Waals surface area (Å²) in [6.07, 6.45) is 0. The molecule has 0 atom stereocenters. The van der Waals surface area contributed by atoms with E-state index in [0.717, 1.165) is 64.3 Å².